The van der Waals surface area contributed by atoms with Crippen LogP contribution in [0.2, 0.25) is 0 Å². The fourth-order valence-corrected chi connectivity index (χ4v) is 5.94. The Bertz CT molecular complexity index is 754. The molecule has 1 aromatic rings. The van der Waals surface area contributed by atoms with Gasteiger partial charge in [-0.25, -0.2) is 4.90 Å². The average molecular weight is 337 g/mol. The van der Waals surface area contributed by atoms with Crippen LogP contribution in [0.15, 0.2) is 35.4 Å². The Labute approximate surface area is 147 Å². The van der Waals surface area contributed by atoms with Gasteiger partial charge in [0.1, 0.15) is 5.75 Å². The van der Waals surface area contributed by atoms with Crippen molar-refractivity contribution in [3.63, 3.8) is 0 Å². The molecule has 0 unspecified atom stereocenters. The molecular formula is C21H23NO3. The minimum absolute atomic E-state index is 0.00477. The predicted molar refractivity (Wildman–Crippen MR) is 94.2 cm³/mol. The van der Waals surface area contributed by atoms with Gasteiger partial charge in [0.25, 0.3) is 0 Å². The Hall–Kier alpha value is -2.10. The zero-order valence-electron chi connectivity index (χ0n) is 14.5. The van der Waals surface area contributed by atoms with E-state index in [2.05, 4.69) is 0 Å². The van der Waals surface area contributed by atoms with E-state index in [1.165, 1.54) is 16.0 Å². The van der Waals surface area contributed by atoms with Gasteiger partial charge >= 0.3 is 0 Å². The van der Waals surface area contributed by atoms with Gasteiger partial charge in [0.15, 0.2) is 0 Å². The summed E-state index contributed by atoms with van der Waals surface area (Å²) in [5, 5.41) is 0. The van der Waals surface area contributed by atoms with Crippen LogP contribution < -0.4 is 9.64 Å². The molecule has 0 spiro atoms. The summed E-state index contributed by atoms with van der Waals surface area (Å²) in [6.45, 7) is 0. The molecule has 4 aliphatic rings. The number of ether oxygens (including phenoxy) is 1. The number of hydrogen-bond acceptors (Lipinski definition) is 3. The third-order valence-corrected chi connectivity index (χ3v) is 6.82. The van der Waals surface area contributed by atoms with Crippen LogP contribution in [0, 0.1) is 23.7 Å². The van der Waals surface area contributed by atoms with Crippen molar-refractivity contribution in [3.05, 3.63) is 35.4 Å². The molecule has 1 heterocycles. The normalized spacial score (nSPS) is 33.6. The Kier molecular flexibility index (Phi) is 3.31. The second-order valence-corrected chi connectivity index (χ2v) is 7.78. The maximum atomic E-state index is 13.4. The van der Waals surface area contributed by atoms with E-state index in [9.17, 15) is 9.59 Å². The number of rotatable bonds is 2. The zero-order chi connectivity index (χ0) is 17.1. The molecule has 0 N–H and O–H groups in total. The number of methoxy groups -OCH3 is 1. The third kappa shape index (κ3) is 1.94. The molecule has 25 heavy (non-hydrogen) atoms. The van der Waals surface area contributed by atoms with Crippen LogP contribution in [0.5, 0.6) is 5.75 Å². The van der Waals surface area contributed by atoms with Crippen LogP contribution >= 0.6 is 0 Å². The van der Waals surface area contributed by atoms with Gasteiger partial charge in [-0.2, -0.15) is 0 Å². The van der Waals surface area contributed by atoms with Gasteiger partial charge in [-0.1, -0.05) is 23.3 Å². The van der Waals surface area contributed by atoms with Crippen molar-refractivity contribution in [3.8, 4) is 5.75 Å². The van der Waals surface area contributed by atoms with E-state index in [0.29, 0.717) is 23.3 Å². The van der Waals surface area contributed by atoms with E-state index in [-0.39, 0.29) is 23.7 Å². The van der Waals surface area contributed by atoms with Crippen molar-refractivity contribution in [2.45, 2.75) is 38.5 Å². The number of anilines is 1. The van der Waals surface area contributed by atoms with Crippen molar-refractivity contribution < 1.29 is 14.3 Å². The maximum absolute atomic E-state index is 13.4. The van der Waals surface area contributed by atoms with E-state index in [1.54, 1.807) is 7.11 Å². The van der Waals surface area contributed by atoms with E-state index >= 15 is 0 Å². The quantitative estimate of drug-likeness (QED) is 0.610. The highest BCUT2D eigenvalue weighted by molar-refractivity contribution is 6.23. The first-order valence-corrected chi connectivity index (χ1v) is 9.45. The number of amides is 2. The lowest BCUT2D eigenvalue weighted by molar-refractivity contribution is -0.122. The molecule has 0 aromatic heterocycles. The fourth-order valence-electron chi connectivity index (χ4n) is 5.94. The minimum atomic E-state index is -0.151. The molecule has 5 rings (SSSR count). The summed E-state index contributed by atoms with van der Waals surface area (Å²) in [6, 6.07) is 7.37. The van der Waals surface area contributed by atoms with Gasteiger partial charge < -0.3 is 4.74 Å². The zero-order valence-corrected chi connectivity index (χ0v) is 14.5. The largest absolute Gasteiger partial charge is 0.495 e. The summed E-state index contributed by atoms with van der Waals surface area (Å²) in [5.74, 6) is 0.873. The highest BCUT2D eigenvalue weighted by Gasteiger charge is 2.59. The van der Waals surface area contributed by atoms with Crippen LogP contribution in [0.25, 0.3) is 0 Å². The number of carbonyl (C=O) groups excluding carboxylic acids is 2. The Morgan fingerprint density at radius 2 is 1.48 bits per heavy atom. The summed E-state index contributed by atoms with van der Waals surface area (Å²) in [6.07, 6.45) is 6.72. The molecule has 4 nitrogen and oxygen atoms in total. The smallest absolute Gasteiger partial charge is 0.238 e. The molecule has 1 aliphatic heterocycles. The maximum Gasteiger partial charge on any atom is 0.238 e. The summed E-state index contributed by atoms with van der Waals surface area (Å²) >= 11 is 0. The van der Waals surface area contributed by atoms with Crippen LogP contribution in [0.4, 0.5) is 5.69 Å². The Morgan fingerprint density at radius 1 is 0.920 bits per heavy atom. The molecular weight excluding hydrogens is 314 g/mol. The number of benzene rings is 1. The Morgan fingerprint density at radius 3 is 2.04 bits per heavy atom. The number of para-hydroxylation sites is 2. The van der Waals surface area contributed by atoms with Crippen molar-refractivity contribution in [2.24, 2.45) is 23.7 Å². The molecule has 3 aliphatic carbocycles. The van der Waals surface area contributed by atoms with E-state index < -0.39 is 0 Å². The van der Waals surface area contributed by atoms with Crippen molar-refractivity contribution >= 4 is 17.5 Å². The van der Waals surface area contributed by atoms with Gasteiger partial charge in [-0.3, -0.25) is 9.59 Å². The highest BCUT2D eigenvalue weighted by Crippen LogP contribution is 2.58. The lowest BCUT2D eigenvalue weighted by Crippen LogP contribution is -2.35. The van der Waals surface area contributed by atoms with Gasteiger partial charge in [0.05, 0.1) is 24.6 Å². The molecule has 1 aromatic carbocycles. The summed E-state index contributed by atoms with van der Waals surface area (Å²) in [7, 11) is 1.59. The van der Waals surface area contributed by atoms with Crippen LogP contribution in [0.1, 0.15) is 38.5 Å². The lowest BCUT2D eigenvalue weighted by Gasteiger charge is -2.34. The fraction of sp³-hybridized carbons (Fsp3) is 0.524. The van der Waals surface area contributed by atoms with Gasteiger partial charge in [0, 0.05) is 0 Å². The molecule has 2 saturated carbocycles. The van der Waals surface area contributed by atoms with E-state index in [0.717, 1.165) is 38.5 Å². The molecule has 4 heteroatoms. The molecule has 0 radical (unpaired) electrons. The molecule has 1 saturated heterocycles. The van der Waals surface area contributed by atoms with Gasteiger partial charge in [-0.05, 0) is 62.5 Å². The van der Waals surface area contributed by atoms with Crippen molar-refractivity contribution in [2.75, 3.05) is 12.0 Å². The first kappa shape index (κ1) is 15.2. The third-order valence-electron chi connectivity index (χ3n) is 6.82. The molecule has 130 valence electrons. The predicted octanol–water partition coefficient (Wildman–Crippen LogP) is 3.71. The van der Waals surface area contributed by atoms with E-state index in [1.807, 2.05) is 24.3 Å². The van der Waals surface area contributed by atoms with Gasteiger partial charge in [0.2, 0.25) is 11.8 Å². The Balaban J connectivity index is 1.62. The van der Waals surface area contributed by atoms with Crippen LogP contribution in [-0.4, -0.2) is 18.9 Å². The SMILES string of the molecule is COc1ccccc1N1C(=O)[C@H]2[C@H](C1=O)[C@@H]1CCCC1=C1CCC[C@H]12. The number of allylic oxidation sites excluding steroid dienone is 2. The topological polar surface area (TPSA) is 46.6 Å². The summed E-state index contributed by atoms with van der Waals surface area (Å²) in [5.41, 5.74) is 3.67. The second-order valence-electron chi connectivity index (χ2n) is 7.78. The summed E-state index contributed by atoms with van der Waals surface area (Å²) in [4.78, 5) is 28.2. The lowest BCUT2D eigenvalue weighted by atomic mass is 9.66. The number of imide groups is 1. The summed E-state index contributed by atoms with van der Waals surface area (Å²) < 4.78 is 5.42. The number of fused-ring (bicyclic) bond motifs is 5. The average Bonchev–Trinajstić information content (AvgIpc) is 3.33. The standard InChI is InChI=1S/C21H23NO3/c1-25-17-11-3-2-10-16(17)22-20(23)18-14-8-4-6-12(14)13-7-5-9-15(13)19(18)21(22)24/h2-3,10-11,14-15,18-19H,4-9H2,1H3/t14-,15-,18-,19-/m1/s1. The van der Waals surface area contributed by atoms with Crippen LogP contribution in [0.3, 0.4) is 0 Å². The molecule has 2 amide bonds. The second kappa shape index (κ2) is 5.45. The van der Waals surface area contributed by atoms with Crippen LogP contribution in [-0.2, 0) is 9.59 Å². The first-order chi connectivity index (χ1) is 12.2. The molecule has 0 bridgehead atoms. The monoisotopic (exact) mass is 337 g/mol. The van der Waals surface area contributed by atoms with E-state index in [4.69, 9.17) is 4.74 Å². The first-order valence-electron chi connectivity index (χ1n) is 9.45. The van der Waals surface area contributed by atoms with Gasteiger partial charge in [-0.15, -0.1) is 0 Å². The molecule has 3 fully saturated rings. The van der Waals surface area contributed by atoms with Crippen molar-refractivity contribution in [1.29, 1.82) is 0 Å². The molecule has 4 atom stereocenters. The number of nitrogens with zero attached hydrogens (tertiary/aromatic N) is 1. The minimum Gasteiger partial charge on any atom is -0.495 e. The number of carbonyl (C=O) groups is 2. The number of hydrogen-bond donors (Lipinski definition) is 0. The highest BCUT2D eigenvalue weighted by atomic mass is 16.5. The van der Waals surface area contributed by atoms with Crippen molar-refractivity contribution in [1.82, 2.24) is 0 Å².